The smallest absolute Gasteiger partial charge is 0.306 e. The topological polar surface area (TPSA) is 54.0 Å². The molecule has 0 unspecified atom stereocenters. The summed E-state index contributed by atoms with van der Waals surface area (Å²) in [5.74, 6) is 0.0250. The van der Waals surface area contributed by atoms with E-state index in [2.05, 4.69) is 147 Å². The molecule has 0 saturated carbocycles. The van der Waals surface area contributed by atoms with Crippen molar-refractivity contribution < 1.29 is 23.1 Å². The van der Waals surface area contributed by atoms with Gasteiger partial charge in [0, 0.05) is 12.3 Å². The van der Waals surface area contributed by atoms with Crippen LogP contribution < -0.4 is 10.4 Å². The summed E-state index contributed by atoms with van der Waals surface area (Å²) in [5, 5.41) is 2.59. The van der Waals surface area contributed by atoms with Crippen LogP contribution in [-0.4, -0.2) is 53.6 Å². The van der Waals surface area contributed by atoms with E-state index in [1.165, 1.54) is 10.4 Å². The molecule has 48 heavy (non-hydrogen) atoms. The van der Waals surface area contributed by atoms with Gasteiger partial charge in [-0.15, -0.1) is 0 Å². The second-order valence-corrected chi connectivity index (χ2v) is 25.1. The zero-order chi connectivity index (χ0) is 35.6. The van der Waals surface area contributed by atoms with E-state index in [0.717, 1.165) is 19.3 Å². The molecule has 1 fully saturated rings. The molecular weight excluding hydrogens is 629 g/mol. The van der Waals surface area contributed by atoms with Crippen molar-refractivity contribution in [3.8, 4) is 0 Å². The van der Waals surface area contributed by atoms with Crippen LogP contribution in [0.3, 0.4) is 0 Å². The molecule has 0 aliphatic carbocycles. The van der Waals surface area contributed by atoms with Crippen LogP contribution in [0.2, 0.25) is 23.2 Å². The third kappa shape index (κ3) is 10.6. The Hall–Kier alpha value is -2.30. The summed E-state index contributed by atoms with van der Waals surface area (Å²) in [6.45, 7) is 25.0. The number of ether oxygens (including phenoxy) is 2. The van der Waals surface area contributed by atoms with Gasteiger partial charge in [-0.3, -0.25) is 4.79 Å². The van der Waals surface area contributed by atoms with E-state index >= 15 is 0 Å². The Morgan fingerprint density at radius 2 is 1.46 bits per heavy atom. The van der Waals surface area contributed by atoms with E-state index in [9.17, 15) is 4.79 Å². The number of allylic oxidation sites excluding steroid dienone is 2. The fourth-order valence-corrected chi connectivity index (χ4v) is 12.4. The van der Waals surface area contributed by atoms with Gasteiger partial charge < -0.3 is 18.3 Å². The fraction of sp³-hybridized carbons (Fsp3) is 0.585. The molecule has 2 aromatic carbocycles. The van der Waals surface area contributed by atoms with Crippen LogP contribution in [0.5, 0.6) is 0 Å². The molecule has 0 aromatic heterocycles. The van der Waals surface area contributed by atoms with E-state index in [0.29, 0.717) is 19.4 Å². The second kappa shape index (κ2) is 17.6. The molecular formula is C41H64O5Si2. The van der Waals surface area contributed by atoms with E-state index in [1.807, 2.05) is 13.8 Å². The summed E-state index contributed by atoms with van der Waals surface area (Å²) in [5.41, 5.74) is 0. The molecule has 2 aromatic rings. The van der Waals surface area contributed by atoms with Crippen LogP contribution in [0, 0.1) is 5.92 Å². The lowest BCUT2D eigenvalue weighted by molar-refractivity contribution is -0.147. The maximum atomic E-state index is 12.0. The van der Waals surface area contributed by atoms with Crippen molar-refractivity contribution in [1.82, 2.24) is 0 Å². The summed E-state index contributed by atoms with van der Waals surface area (Å²) in [6.07, 6.45) is 12.5. The van der Waals surface area contributed by atoms with Gasteiger partial charge in [-0.1, -0.05) is 133 Å². The molecule has 7 heteroatoms. The summed E-state index contributed by atoms with van der Waals surface area (Å²) >= 11 is 0. The third-order valence-corrected chi connectivity index (χ3v) is 19.5. The minimum atomic E-state index is -2.77. The van der Waals surface area contributed by atoms with Crippen LogP contribution >= 0.6 is 0 Å². The van der Waals surface area contributed by atoms with Gasteiger partial charge in [-0.25, -0.2) is 0 Å². The molecule has 4 atom stereocenters. The van der Waals surface area contributed by atoms with Crippen LogP contribution in [0.25, 0.3) is 0 Å². The molecule has 0 radical (unpaired) electrons. The number of rotatable bonds is 16. The van der Waals surface area contributed by atoms with Gasteiger partial charge in [0.15, 0.2) is 8.32 Å². The van der Waals surface area contributed by atoms with E-state index < -0.39 is 16.6 Å². The highest BCUT2D eigenvalue weighted by atomic mass is 28.4. The quantitative estimate of drug-likeness (QED) is 0.0997. The number of carbonyl (C=O) groups is 1. The van der Waals surface area contributed by atoms with Crippen LogP contribution in [0.4, 0.5) is 0 Å². The van der Waals surface area contributed by atoms with Gasteiger partial charge in [0.05, 0.1) is 31.0 Å². The van der Waals surface area contributed by atoms with Crippen molar-refractivity contribution >= 4 is 33.0 Å². The first kappa shape index (κ1) is 40.1. The van der Waals surface area contributed by atoms with Crippen molar-refractivity contribution in [3.05, 3.63) is 85.0 Å². The lowest BCUT2D eigenvalue weighted by Crippen LogP contribution is -2.68. The minimum absolute atomic E-state index is 0.0530. The highest BCUT2D eigenvalue weighted by molar-refractivity contribution is 6.99. The van der Waals surface area contributed by atoms with Crippen molar-refractivity contribution in [1.29, 1.82) is 0 Å². The standard InChI is InChI=1S/C41H64O5Si2/c1-12-33(45-47(10,11)40(4,5)6)29-30-37-36(27-21-13-14-22-28-39(42)44-32(2)3)38(31-43-37)46-48(41(7,8)9,34-23-17-15-18-24-34)35-25-19-16-20-26-35/h13-20,23-26,29-30,32-33,36-38H,12,21-22,27-28,31H2,1-11H3/b14-13-,30-29+/t33-,36+,37+,38-/m0/s1. The number of carbonyl (C=O) groups excluding carboxylic acids is 1. The Bertz CT molecular complexity index is 1270. The van der Waals surface area contributed by atoms with E-state index in [1.54, 1.807) is 0 Å². The number of benzene rings is 2. The summed E-state index contributed by atoms with van der Waals surface area (Å²) in [4.78, 5) is 12.0. The van der Waals surface area contributed by atoms with Gasteiger partial charge in [0.1, 0.15) is 0 Å². The SMILES string of the molecule is CC[C@@H](/C=C/[C@H]1OC[C@H](O[Si](c2ccccc2)(c2ccccc2)C(C)(C)C)[C@@H]1CC/C=C\CCC(=O)OC(C)C)O[Si](C)(C)C(C)(C)C. The number of esters is 1. The number of hydrogen-bond donors (Lipinski definition) is 0. The highest BCUT2D eigenvalue weighted by Crippen LogP contribution is 2.41. The average molecular weight is 693 g/mol. The molecule has 1 aliphatic rings. The average Bonchev–Trinajstić information content (AvgIpc) is 3.39. The van der Waals surface area contributed by atoms with Gasteiger partial charge in [-0.2, -0.15) is 0 Å². The van der Waals surface area contributed by atoms with E-state index in [-0.39, 0.29) is 46.4 Å². The van der Waals surface area contributed by atoms with Crippen molar-refractivity contribution in [2.75, 3.05) is 6.61 Å². The second-order valence-electron chi connectivity index (χ2n) is 16.1. The van der Waals surface area contributed by atoms with E-state index in [4.69, 9.17) is 18.3 Å². The van der Waals surface area contributed by atoms with Gasteiger partial charge in [0.25, 0.3) is 8.32 Å². The summed E-state index contributed by atoms with van der Waals surface area (Å²) in [7, 11) is -4.70. The molecule has 0 amide bonds. The molecule has 1 aliphatic heterocycles. The molecule has 1 heterocycles. The maximum absolute atomic E-state index is 12.0. The van der Waals surface area contributed by atoms with Gasteiger partial charge >= 0.3 is 5.97 Å². The van der Waals surface area contributed by atoms with Crippen LogP contribution in [0.15, 0.2) is 85.0 Å². The molecule has 0 spiro atoms. The molecule has 266 valence electrons. The Morgan fingerprint density at radius 1 is 0.896 bits per heavy atom. The van der Waals surface area contributed by atoms with Crippen molar-refractivity contribution in [3.63, 3.8) is 0 Å². The molecule has 0 N–H and O–H groups in total. The Balaban J connectivity index is 1.93. The first-order valence-electron chi connectivity index (χ1n) is 18.1. The van der Waals surface area contributed by atoms with Crippen LogP contribution in [-0.2, 0) is 23.1 Å². The first-order chi connectivity index (χ1) is 22.5. The maximum Gasteiger partial charge on any atom is 0.306 e. The molecule has 0 bridgehead atoms. The zero-order valence-corrected chi connectivity index (χ0v) is 33.8. The number of hydrogen-bond acceptors (Lipinski definition) is 5. The normalized spacial score (nSPS) is 20.2. The fourth-order valence-electron chi connectivity index (χ4n) is 6.35. The Labute approximate surface area is 294 Å². The Morgan fingerprint density at radius 3 is 1.96 bits per heavy atom. The minimum Gasteiger partial charge on any atom is -0.463 e. The summed E-state index contributed by atoms with van der Waals surface area (Å²) < 4.78 is 26.4. The van der Waals surface area contributed by atoms with Crippen LogP contribution in [0.1, 0.15) is 94.4 Å². The largest absolute Gasteiger partial charge is 0.463 e. The van der Waals surface area contributed by atoms with Crippen molar-refractivity contribution in [2.45, 2.75) is 142 Å². The van der Waals surface area contributed by atoms with Gasteiger partial charge in [-0.05, 0) is 73.1 Å². The predicted molar refractivity (Wildman–Crippen MR) is 206 cm³/mol. The highest BCUT2D eigenvalue weighted by Gasteiger charge is 2.53. The lowest BCUT2D eigenvalue weighted by Gasteiger charge is -2.45. The molecule has 5 nitrogen and oxygen atoms in total. The van der Waals surface area contributed by atoms with Gasteiger partial charge in [0.2, 0.25) is 0 Å². The Kier molecular flexibility index (Phi) is 14.7. The first-order valence-corrected chi connectivity index (χ1v) is 22.9. The summed E-state index contributed by atoms with van der Waals surface area (Å²) in [6, 6.07) is 21.7. The monoisotopic (exact) mass is 692 g/mol. The molecule has 3 rings (SSSR count). The predicted octanol–water partition coefficient (Wildman–Crippen LogP) is 9.37. The van der Waals surface area contributed by atoms with Crippen molar-refractivity contribution in [2.24, 2.45) is 5.92 Å². The lowest BCUT2D eigenvalue weighted by atomic mass is 9.93. The molecule has 1 saturated heterocycles. The third-order valence-electron chi connectivity index (χ3n) is 9.98. The zero-order valence-electron chi connectivity index (χ0n) is 31.8.